The minimum absolute atomic E-state index is 0.0198. The van der Waals surface area contributed by atoms with Gasteiger partial charge in [-0.25, -0.2) is 0 Å². The minimum Gasteiger partial charge on any atom is -0.508 e. The van der Waals surface area contributed by atoms with E-state index in [4.69, 9.17) is 0 Å². The number of piperazine rings is 1. The number of phenols is 1. The SMILES string of the molecule is CN(C)Cc1cc(/C=C/C(=O)c2ccc(Br)cc2N2CCN(C)CC2)ccc1O. The van der Waals surface area contributed by atoms with Crippen LogP contribution in [0.25, 0.3) is 6.08 Å². The van der Waals surface area contributed by atoms with Crippen LogP contribution in [0.15, 0.2) is 46.9 Å². The largest absolute Gasteiger partial charge is 0.508 e. The molecular formula is C23H28BrN3O2. The molecule has 2 aromatic carbocycles. The summed E-state index contributed by atoms with van der Waals surface area (Å²) in [6.45, 7) is 4.42. The maximum absolute atomic E-state index is 13.0. The molecule has 1 saturated heterocycles. The fourth-order valence-corrected chi connectivity index (χ4v) is 3.81. The summed E-state index contributed by atoms with van der Waals surface area (Å²) in [6.07, 6.45) is 3.44. The number of carbonyl (C=O) groups excluding carboxylic acids is 1. The Morgan fingerprint density at radius 1 is 1.14 bits per heavy atom. The van der Waals surface area contributed by atoms with Crippen molar-refractivity contribution in [1.82, 2.24) is 9.80 Å². The van der Waals surface area contributed by atoms with E-state index >= 15 is 0 Å². The van der Waals surface area contributed by atoms with Crippen molar-refractivity contribution in [2.45, 2.75) is 6.54 Å². The number of hydrogen-bond acceptors (Lipinski definition) is 5. The molecule has 6 heteroatoms. The standard InChI is InChI=1S/C23H28BrN3O2/c1-25(2)16-18-14-17(4-8-22(18)28)5-9-23(29)20-7-6-19(24)15-21(20)27-12-10-26(3)11-13-27/h4-9,14-15,28H,10-13,16H2,1-3H3/b9-5+. The molecule has 1 aliphatic rings. The molecule has 5 nitrogen and oxygen atoms in total. The number of nitrogens with zero attached hydrogens (tertiary/aromatic N) is 3. The number of carbonyl (C=O) groups is 1. The summed E-state index contributed by atoms with van der Waals surface area (Å²) in [6, 6.07) is 11.2. The van der Waals surface area contributed by atoms with Crippen molar-refractivity contribution in [1.29, 1.82) is 0 Å². The van der Waals surface area contributed by atoms with Crippen molar-refractivity contribution in [3.05, 3.63) is 63.6 Å². The molecule has 3 rings (SSSR count). The van der Waals surface area contributed by atoms with Gasteiger partial charge < -0.3 is 19.8 Å². The topological polar surface area (TPSA) is 47.0 Å². The Morgan fingerprint density at radius 3 is 2.55 bits per heavy atom. The zero-order chi connectivity index (χ0) is 21.0. The van der Waals surface area contributed by atoms with Crippen LogP contribution in [-0.4, -0.2) is 68.0 Å². The lowest BCUT2D eigenvalue weighted by molar-refractivity contribution is 0.104. The van der Waals surface area contributed by atoms with E-state index in [2.05, 4.69) is 32.8 Å². The Kier molecular flexibility index (Phi) is 7.11. The zero-order valence-corrected chi connectivity index (χ0v) is 18.8. The van der Waals surface area contributed by atoms with Crippen LogP contribution in [0.3, 0.4) is 0 Å². The predicted octanol–water partition coefficient (Wildman–Crippen LogP) is 3.86. The van der Waals surface area contributed by atoms with E-state index in [9.17, 15) is 9.90 Å². The number of rotatable bonds is 6. The number of phenolic OH excluding ortho intramolecular Hbond substituents is 1. The lowest BCUT2D eigenvalue weighted by Crippen LogP contribution is -2.45. The first-order valence-corrected chi connectivity index (χ1v) is 10.5. The van der Waals surface area contributed by atoms with Crippen LogP contribution in [0.1, 0.15) is 21.5 Å². The second-order valence-corrected chi connectivity index (χ2v) is 8.69. The van der Waals surface area contributed by atoms with Crippen LogP contribution in [0.5, 0.6) is 5.75 Å². The molecule has 154 valence electrons. The lowest BCUT2D eigenvalue weighted by atomic mass is 10.0. The molecule has 1 aliphatic heterocycles. The van der Waals surface area contributed by atoms with Crippen molar-refractivity contribution in [3.63, 3.8) is 0 Å². The van der Waals surface area contributed by atoms with E-state index in [-0.39, 0.29) is 11.5 Å². The van der Waals surface area contributed by atoms with Crippen LogP contribution >= 0.6 is 15.9 Å². The van der Waals surface area contributed by atoms with Crippen LogP contribution in [-0.2, 0) is 6.54 Å². The molecule has 0 amide bonds. The number of likely N-dealkylation sites (N-methyl/N-ethyl adjacent to an activating group) is 1. The Hall–Kier alpha value is -2.15. The number of anilines is 1. The van der Waals surface area contributed by atoms with Crippen LogP contribution in [0.2, 0.25) is 0 Å². The van der Waals surface area contributed by atoms with Gasteiger partial charge in [0.25, 0.3) is 0 Å². The molecule has 0 spiro atoms. The zero-order valence-electron chi connectivity index (χ0n) is 17.2. The first-order chi connectivity index (χ1) is 13.8. The summed E-state index contributed by atoms with van der Waals surface area (Å²) < 4.78 is 0.971. The van der Waals surface area contributed by atoms with Crippen molar-refractivity contribution in [2.24, 2.45) is 0 Å². The molecule has 0 saturated carbocycles. The Morgan fingerprint density at radius 2 is 1.86 bits per heavy atom. The first kappa shape index (κ1) is 21.6. The molecule has 1 heterocycles. The average molecular weight is 458 g/mol. The van der Waals surface area contributed by atoms with Crippen LogP contribution < -0.4 is 4.90 Å². The Labute approximate surface area is 181 Å². The highest BCUT2D eigenvalue weighted by atomic mass is 79.9. The first-order valence-electron chi connectivity index (χ1n) is 9.75. The Bertz CT molecular complexity index is 903. The molecule has 0 aromatic heterocycles. The molecule has 1 N–H and O–H groups in total. The van der Waals surface area contributed by atoms with Gasteiger partial charge in [-0.05, 0) is 63.1 Å². The number of benzene rings is 2. The fraction of sp³-hybridized carbons (Fsp3) is 0.348. The quantitative estimate of drug-likeness (QED) is 0.526. The molecule has 1 fully saturated rings. The highest BCUT2D eigenvalue weighted by molar-refractivity contribution is 9.10. The summed E-state index contributed by atoms with van der Waals surface area (Å²) in [4.78, 5) is 19.6. The van der Waals surface area contributed by atoms with Gasteiger partial charge in [-0.3, -0.25) is 4.79 Å². The number of halogens is 1. The highest BCUT2D eigenvalue weighted by Crippen LogP contribution is 2.27. The van der Waals surface area contributed by atoms with Crippen molar-refractivity contribution in [3.8, 4) is 5.75 Å². The van der Waals surface area contributed by atoms with E-state index in [0.29, 0.717) is 12.1 Å². The second-order valence-electron chi connectivity index (χ2n) is 7.78. The van der Waals surface area contributed by atoms with Crippen LogP contribution in [0, 0.1) is 0 Å². The highest BCUT2D eigenvalue weighted by Gasteiger charge is 2.19. The van der Waals surface area contributed by atoms with Gasteiger partial charge in [0.1, 0.15) is 5.75 Å². The fourth-order valence-electron chi connectivity index (χ4n) is 3.46. The van der Waals surface area contributed by atoms with Gasteiger partial charge >= 0.3 is 0 Å². The van der Waals surface area contributed by atoms with Crippen LogP contribution in [0.4, 0.5) is 5.69 Å². The van der Waals surface area contributed by atoms with Gasteiger partial charge in [0.05, 0.1) is 0 Å². The summed E-state index contributed by atoms with van der Waals surface area (Å²) in [7, 11) is 6.03. The summed E-state index contributed by atoms with van der Waals surface area (Å²) in [5.41, 5.74) is 3.42. The molecule has 0 radical (unpaired) electrons. The van der Waals surface area contributed by atoms with Gasteiger partial charge in [0, 0.05) is 54.0 Å². The molecule has 2 aromatic rings. The van der Waals surface area contributed by atoms with E-state index < -0.39 is 0 Å². The van der Waals surface area contributed by atoms with Crippen molar-refractivity contribution < 1.29 is 9.90 Å². The average Bonchev–Trinajstić information content (AvgIpc) is 2.68. The van der Waals surface area contributed by atoms with Gasteiger partial charge in [-0.15, -0.1) is 0 Å². The Balaban J connectivity index is 1.82. The smallest absolute Gasteiger partial charge is 0.187 e. The third-order valence-corrected chi connectivity index (χ3v) is 5.58. The van der Waals surface area contributed by atoms with Gasteiger partial charge in [0.15, 0.2) is 5.78 Å². The number of hydrogen-bond donors (Lipinski definition) is 1. The maximum Gasteiger partial charge on any atom is 0.187 e. The second kappa shape index (κ2) is 9.57. The molecule has 0 aliphatic carbocycles. The summed E-state index contributed by atoms with van der Waals surface area (Å²) in [5.74, 6) is 0.251. The molecule has 0 atom stereocenters. The molecule has 29 heavy (non-hydrogen) atoms. The number of allylic oxidation sites excluding steroid dienone is 1. The monoisotopic (exact) mass is 457 g/mol. The molecule has 0 bridgehead atoms. The minimum atomic E-state index is -0.0198. The number of ketones is 1. The van der Waals surface area contributed by atoms with E-state index in [1.165, 1.54) is 0 Å². The van der Waals surface area contributed by atoms with Gasteiger partial charge in [-0.2, -0.15) is 0 Å². The normalized spacial score (nSPS) is 15.4. The third kappa shape index (κ3) is 5.69. The molecular weight excluding hydrogens is 430 g/mol. The van der Waals surface area contributed by atoms with Crippen molar-refractivity contribution in [2.75, 3.05) is 52.2 Å². The summed E-state index contributed by atoms with van der Waals surface area (Å²) >= 11 is 3.54. The van der Waals surface area contributed by atoms with E-state index in [1.54, 1.807) is 12.1 Å². The van der Waals surface area contributed by atoms with E-state index in [0.717, 1.165) is 47.5 Å². The third-order valence-electron chi connectivity index (χ3n) is 5.09. The van der Waals surface area contributed by atoms with Gasteiger partial charge in [-0.1, -0.05) is 28.1 Å². The lowest BCUT2D eigenvalue weighted by Gasteiger charge is -2.35. The van der Waals surface area contributed by atoms with Gasteiger partial charge in [0.2, 0.25) is 0 Å². The predicted molar refractivity (Wildman–Crippen MR) is 123 cm³/mol. The van der Waals surface area contributed by atoms with Crippen molar-refractivity contribution >= 4 is 33.5 Å². The molecule has 0 unspecified atom stereocenters. The summed E-state index contributed by atoms with van der Waals surface area (Å²) in [5, 5.41) is 10.0. The number of aromatic hydroxyl groups is 1. The van der Waals surface area contributed by atoms with E-state index in [1.807, 2.05) is 55.4 Å². The maximum atomic E-state index is 13.0.